The fourth-order valence-corrected chi connectivity index (χ4v) is 0.770. The number of nitrogens with zero attached hydrogens (tertiary/aromatic N) is 1. The van der Waals surface area contributed by atoms with Crippen molar-refractivity contribution in [1.29, 1.82) is 0 Å². The first-order valence-electron chi connectivity index (χ1n) is 4.39. The molecule has 0 atom stereocenters. The summed E-state index contributed by atoms with van der Waals surface area (Å²) in [6.45, 7) is 5.59. The molecule has 0 aliphatic carbocycles. The summed E-state index contributed by atoms with van der Waals surface area (Å²) in [5.74, 6) is -0.193. The zero-order chi connectivity index (χ0) is 10.8. The first-order valence-corrected chi connectivity index (χ1v) is 4.39. The Morgan fingerprint density at radius 1 is 1.71 bits per heavy atom. The molecule has 0 unspecified atom stereocenters. The molecule has 1 aromatic rings. The normalized spacial score (nSPS) is 11.4. The van der Waals surface area contributed by atoms with Gasteiger partial charge in [0.1, 0.15) is 6.26 Å². The highest BCUT2D eigenvalue weighted by molar-refractivity contribution is 5.93. The van der Waals surface area contributed by atoms with Crippen LogP contribution in [0.1, 0.15) is 19.5 Å². The smallest absolute Gasteiger partial charge is 0.301 e. The number of carbonyl (C=O) groups is 1. The van der Waals surface area contributed by atoms with E-state index < -0.39 is 5.41 Å². The van der Waals surface area contributed by atoms with Crippen LogP contribution in [0, 0.1) is 12.3 Å². The molecule has 1 rings (SSSR count). The van der Waals surface area contributed by atoms with Crippen molar-refractivity contribution in [2.45, 2.75) is 20.8 Å². The quantitative estimate of drug-likeness (QED) is 0.754. The Hall–Kier alpha value is -1.36. The Morgan fingerprint density at radius 3 is 2.79 bits per heavy atom. The standard InChI is InChI=1S/C9H15N3O2/c1-6-4-14-8(11-6)12-7(13)9(2,3)5-10/h4H,5,10H2,1-3H3,(H,11,12,13). The molecule has 0 spiro atoms. The second-order valence-electron chi connectivity index (χ2n) is 3.84. The highest BCUT2D eigenvalue weighted by Gasteiger charge is 2.26. The summed E-state index contributed by atoms with van der Waals surface area (Å²) < 4.78 is 4.99. The van der Waals surface area contributed by atoms with Crippen LogP contribution in [0.5, 0.6) is 0 Å². The van der Waals surface area contributed by atoms with Gasteiger partial charge in [-0.05, 0) is 20.8 Å². The maximum Gasteiger partial charge on any atom is 0.301 e. The molecule has 5 heteroatoms. The minimum atomic E-state index is -0.609. The molecule has 14 heavy (non-hydrogen) atoms. The highest BCUT2D eigenvalue weighted by atomic mass is 16.4. The lowest BCUT2D eigenvalue weighted by atomic mass is 9.93. The van der Waals surface area contributed by atoms with E-state index in [9.17, 15) is 4.79 Å². The van der Waals surface area contributed by atoms with E-state index in [1.165, 1.54) is 6.26 Å². The van der Waals surface area contributed by atoms with Crippen LogP contribution in [-0.4, -0.2) is 17.4 Å². The number of anilines is 1. The zero-order valence-electron chi connectivity index (χ0n) is 8.63. The monoisotopic (exact) mass is 197 g/mol. The van der Waals surface area contributed by atoms with Crippen LogP contribution in [0.2, 0.25) is 0 Å². The number of rotatable bonds is 3. The number of carbonyl (C=O) groups excluding carboxylic acids is 1. The molecule has 0 aliphatic heterocycles. The number of amides is 1. The lowest BCUT2D eigenvalue weighted by molar-refractivity contribution is -0.123. The Labute approximate surface area is 82.7 Å². The summed E-state index contributed by atoms with van der Waals surface area (Å²) in [6.07, 6.45) is 1.48. The molecule has 1 heterocycles. The summed E-state index contributed by atoms with van der Waals surface area (Å²) >= 11 is 0. The van der Waals surface area contributed by atoms with Crippen molar-refractivity contribution in [2.75, 3.05) is 11.9 Å². The Kier molecular flexibility index (Phi) is 2.90. The molecule has 0 bridgehead atoms. The average molecular weight is 197 g/mol. The van der Waals surface area contributed by atoms with Crippen molar-refractivity contribution in [2.24, 2.45) is 11.1 Å². The van der Waals surface area contributed by atoms with E-state index in [0.29, 0.717) is 0 Å². The molecule has 3 N–H and O–H groups in total. The van der Waals surface area contributed by atoms with E-state index in [1.54, 1.807) is 20.8 Å². The molecule has 0 radical (unpaired) electrons. The minimum absolute atomic E-state index is 0.193. The van der Waals surface area contributed by atoms with Gasteiger partial charge in [-0.2, -0.15) is 4.98 Å². The molecular formula is C9H15N3O2. The lowest BCUT2D eigenvalue weighted by Crippen LogP contribution is -2.37. The van der Waals surface area contributed by atoms with Crippen molar-refractivity contribution >= 4 is 11.9 Å². The molecule has 0 aliphatic rings. The number of oxazole rings is 1. The van der Waals surface area contributed by atoms with Gasteiger partial charge in [-0.3, -0.25) is 10.1 Å². The summed E-state index contributed by atoms with van der Waals surface area (Å²) in [4.78, 5) is 15.5. The van der Waals surface area contributed by atoms with Gasteiger partial charge in [-0.1, -0.05) is 0 Å². The number of hydrogen-bond acceptors (Lipinski definition) is 4. The number of aryl methyl sites for hydroxylation is 1. The van der Waals surface area contributed by atoms with Crippen molar-refractivity contribution in [3.63, 3.8) is 0 Å². The van der Waals surface area contributed by atoms with E-state index in [4.69, 9.17) is 10.2 Å². The van der Waals surface area contributed by atoms with E-state index >= 15 is 0 Å². The van der Waals surface area contributed by atoms with Gasteiger partial charge in [-0.25, -0.2) is 0 Å². The van der Waals surface area contributed by atoms with Gasteiger partial charge in [-0.15, -0.1) is 0 Å². The van der Waals surface area contributed by atoms with E-state index in [1.807, 2.05) is 0 Å². The van der Waals surface area contributed by atoms with Crippen molar-refractivity contribution in [3.05, 3.63) is 12.0 Å². The van der Waals surface area contributed by atoms with Crippen LogP contribution in [0.15, 0.2) is 10.7 Å². The second-order valence-corrected chi connectivity index (χ2v) is 3.84. The summed E-state index contributed by atoms with van der Waals surface area (Å²) in [7, 11) is 0. The number of hydrogen-bond donors (Lipinski definition) is 2. The van der Waals surface area contributed by atoms with E-state index in [0.717, 1.165) is 5.69 Å². The third-order valence-electron chi connectivity index (χ3n) is 1.96. The van der Waals surface area contributed by atoms with Gasteiger partial charge in [0.05, 0.1) is 11.1 Å². The van der Waals surface area contributed by atoms with Gasteiger partial charge >= 0.3 is 6.01 Å². The van der Waals surface area contributed by atoms with Gasteiger partial charge in [0.2, 0.25) is 5.91 Å². The fraction of sp³-hybridized carbons (Fsp3) is 0.556. The average Bonchev–Trinajstić information content (AvgIpc) is 2.51. The van der Waals surface area contributed by atoms with Gasteiger partial charge in [0.15, 0.2) is 0 Å². The van der Waals surface area contributed by atoms with Crippen LogP contribution in [0.4, 0.5) is 6.01 Å². The largest absolute Gasteiger partial charge is 0.432 e. The van der Waals surface area contributed by atoms with E-state index in [-0.39, 0.29) is 18.5 Å². The molecule has 5 nitrogen and oxygen atoms in total. The topological polar surface area (TPSA) is 81.2 Å². The number of nitrogens with one attached hydrogen (secondary N) is 1. The Balaban J connectivity index is 2.66. The van der Waals surface area contributed by atoms with Crippen molar-refractivity contribution in [1.82, 2.24) is 4.98 Å². The van der Waals surface area contributed by atoms with E-state index in [2.05, 4.69) is 10.3 Å². The minimum Gasteiger partial charge on any atom is -0.432 e. The predicted octanol–water partition coefficient (Wildman–Crippen LogP) is 0.906. The van der Waals surface area contributed by atoms with Crippen LogP contribution in [0.25, 0.3) is 0 Å². The number of nitrogens with two attached hydrogens (primary N) is 1. The Bertz CT molecular complexity index is 331. The zero-order valence-corrected chi connectivity index (χ0v) is 8.63. The maximum atomic E-state index is 11.6. The highest BCUT2D eigenvalue weighted by Crippen LogP contribution is 2.16. The van der Waals surface area contributed by atoms with Crippen LogP contribution >= 0.6 is 0 Å². The SMILES string of the molecule is Cc1coc(NC(=O)C(C)(C)CN)n1. The fourth-order valence-electron chi connectivity index (χ4n) is 0.770. The van der Waals surface area contributed by atoms with Crippen LogP contribution in [0.3, 0.4) is 0 Å². The third-order valence-corrected chi connectivity index (χ3v) is 1.96. The van der Waals surface area contributed by atoms with Crippen LogP contribution < -0.4 is 11.1 Å². The second kappa shape index (κ2) is 3.79. The molecule has 0 fully saturated rings. The first kappa shape index (κ1) is 10.7. The maximum absolute atomic E-state index is 11.6. The molecule has 78 valence electrons. The summed E-state index contributed by atoms with van der Waals surface area (Å²) in [5, 5.41) is 2.56. The molecule has 0 saturated carbocycles. The van der Waals surface area contributed by atoms with Gasteiger partial charge < -0.3 is 10.2 Å². The molecular weight excluding hydrogens is 182 g/mol. The third kappa shape index (κ3) is 2.32. The Morgan fingerprint density at radius 2 is 2.36 bits per heavy atom. The molecule has 1 aromatic heterocycles. The summed E-state index contributed by atoms with van der Waals surface area (Å²) in [5.41, 5.74) is 5.57. The number of aromatic nitrogens is 1. The van der Waals surface area contributed by atoms with Crippen LogP contribution in [-0.2, 0) is 4.79 Å². The van der Waals surface area contributed by atoms with Gasteiger partial charge in [0, 0.05) is 6.54 Å². The van der Waals surface area contributed by atoms with Crippen molar-refractivity contribution in [3.8, 4) is 0 Å². The lowest BCUT2D eigenvalue weighted by Gasteiger charge is -2.19. The first-order chi connectivity index (χ1) is 6.45. The van der Waals surface area contributed by atoms with Gasteiger partial charge in [0.25, 0.3) is 0 Å². The molecule has 0 saturated heterocycles. The molecule has 1 amide bonds. The van der Waals surface area contributed by atoms with Crippen molar-refractivity contribution < 1.29 is 9.21 Å². The summed E-state index contributed by atoms with van der Waals surface area (Å²) in [6, 6.07) is 0.217. The predicted molar refractivity (Wildman–Crippen MR) is 52.7 cm³/mol. The molecule has 0 aromatic carbocycles.